The van der Waals surface area contributed by atoms with Crippen LogP contribution in [0.4, 0.5) is 0 Å². The van der Waals surface area contributed by atoms with Crippen molar-refractivity contribution < 1.29 is 4.74 Å². The van der Waals surface area contributed by atoms with Crippen molar-refractivity contribution in [2.24, 2.45) is 0 Å². The van der Waals surface area contributed by atoms with Crippen molar-refractivity contribution >= 4 is 11.3 Å². The molecule has 0 bridgehead atoms. The highest BCUT2D eigenvalue weighted by Crippen LogP contribution is 2.34. The van der Waals surface area contributed by atoms with Crippen LogP contribution >= 0.6 is 11.3 Å². The SMILES string of the molecule is CCCNC(c1ccc(C)s1)c1ccccc1OC(C)C. The Kier molecular flexibility index (Phi) is 5.83. The fraction of sp³-hybridized carbons (Fsp3) is 0.444. The third kappa shape index (κ3) is 4.32. The molecule has 1 N–H and O–H groups in total. The smallest absolute Gasteiger partial charge is 0.124 e. The highest BCUT2D eigenvalue weighted by molar-refractivity contribution is 7.12. The summed E-state index contributed by atoms with van der Waals surface area (Å²) in [5.74, 6) is 0.979. The van der Waals surface area contributed by atoms with Gasteiger partial charge in [-0.15, -0.1) is 11.3 Å². The second kappa shape index (κ2) is 7.62. The molecule has 0 saturated carbocycles. The summed E-state index contributed by atoms with van der Waals surface area (Å²) in [7, 11) is 0. The largest absolute Gasteiger partial charge is 0.491 e. The molecule has 1 aromatic carbocycles. The molecule has 3 heteroatoms. The van der Waals surface area contributed by atoms with Crippen molar-refractivity contribution in [2.75, 3.05) is 6.54 Å². The van der Waals surface area contributed by atoms with Gasteiger partial charge in [0.1, 0.15) is 5.75 Å². The Balaban J connectivity index is 2.36. The van der Waals surface area contributed by atoms with E-state index in [4.69, 9.17) is 4.74 Å². The fourth-order valence-corrected chi connectivity index (χ4v) is 3.31. The van der Waals surface area contributed by atoms with Gasteiger partial charge >= 0.3 is 0 Å². The van der Waals surface area contributed by atoms with Crippen molar-refractivity contribution in [1.82, 2.24) is 5.32 Å². The predicted molar refractivity (Wildman–Crippen MR) is 91.4 cm³/mol. The van der Waals surface area contributed by atoms with E-state index in [1.54, 1.807) is 0 Å². The van der Waals surface area contributed by atoms with Gasteiger partial charge in [-0.25, -0.2) is 0 Å². The molecule has 1 atom stereocenters. The van der Waals surface area contributed by atoms with E-state index in [0.29, 0.717) is 0 Å². The van der Waals surface area contributed by atoms with Crippen LogP contribution in [0.15, 0.2) is 36.4 Å². The molecule has 1 aromatic heterocycles. The molecule has 0 aliphatic heterocycles. The maximum atomic E-state index is 6.00. The number of hydrogen-bond donors (Lipinski definition) is 1. The van der Waals surface area contributed by atoms with E-state index in [0.717, 1.165) is 18.7 Å². The van der Waals surface area contributed by atoms with Crippen molar-refractivity contribution in [1.29, 1.82) is 0 Å². The van der Waals surface area contributed by atoms with Crippen LogP contribution in [-0.4, -0.2) is 12.6 Å². The van der Waals surface area contributed by atoms with E-state index in [9.17, 15) is 0 Å². The molecule has 1 unspecified atom stereocenters. The van der Waals surface area contributed by atoms with Crippen molar-refractivity contribution in [3.8, 4) is 5.75 Å². The van der Waals surface area contributed by atoms with Crippen molar-refractivity contribution in [2.45, 2.75) is 46.3 Å². The van der Waals surface area contributed by atoms with Gasteiger partial charge in [-0.1, -0.05) is 25.1 Å². The molecule has 0 saturated heterocycles. The van der Waals surface area contributed by atoms with Crippen molar-refractivity contribution in [3.05, 3.63) is 51.7 Å². The van der Waals surface area contributed by atoms with E-state index < -0.39 is 0 Å². The van der Waals surface area contributed by atoms with Crippen molar-refractivity contribution in [3.63, 3.8) is 0 Å². The average molecular weight is 303 g/mol. The molecule has 0 amide bonds. The lowest BCUT2D eigenvalue weighted by Crippen LogP contribution is -2.23. The highest BCUT2D eigenvalue weighted by Gasteiger charge is 2.19. The van der Waals surface area contributed by atoms with E-state index in [1.807, 2.05) is 17.4 Å². The Labute approximate surface area is 132 Å². The summed E-state index contributed by atoms with van der Waals surface area (Å²) in [4.78, 5) is 2.69. The molecule has 2 nitrogen and oxygen atoms in total. The molecule has 1 heterocycles. The second-order valence-electron chi connectivity index (χ2n) is 5.54. The zero-order valence-electron chi connectivity index (χ0n) is 13.3. The summed E-state index contributed by atoms with van der Waals surface area (Å²) in [6.45, 7) is 9.49. The first-order chi connectivity index (χ1) is 10.1. The number of thiophene rings is 1. The molecular formula is C18H25NOS. The monoisotopic (exact) mass is 303 g/mol. The Morgan fingerprint density at radius 3 is 2.52 bits per heavy atom. The van der Waals surface area contributed by atoms with Crippen LogP contribution in [0, 0.1) is 6.92 Å². The third-order valence-electron chi connectivity index (χ3n) is 3.24. The standard InChI is InChI=1S/C18H25NOS/c1-5-12-19-18(17-11-10-14(4)21-17)15-8-6-7-9-16(15)20-13(2)3/h6-11,13,18-19H,5,12H2,1-4H3. The van der Waals surface area contributed by atoms with E-state index in [-0.39, 0.29) is 12.1 Å². The number of ether oxygens (including phenoxy) is 1. The molecule has 0 fully saturated rings. The Morgan fingerprint density at radius 2 is 1.90 bits per heavy atom. The zero-order valence-corrected chi connectivity index (χ0v) is 14.2. The Bertz CT molecular complexity index is 562. The molecule has 2 rings (SSSR count). The van der Waals surface area contributed by atoms with Gasteiger partial charge in [0.15, 0.2) is 0 Å². The fourth-order valence-electron chi connectivity index (χ4n) is 2.34. The summed E-state index contributed by atoms with van der Waals surface area (Å²) in [6, 6.07) is 13.0. The minimum atomic E-state index is 0.183. The first-order valence-corrected chi connectivity index (χ1v) is 8.48. The summed E-state index contributed by atoms with van der Waals surface area (Å²) < 4.78 is 6.00. The maximum Gasteiger partial charge on any atom is 0.124 e. The Morgan fingerprint density at radius 1 is 1.14 bits per heavy atom. The van der Waals surface area contributed by atoms with Crippen LogP contribution in [0.3, 0.4) is 0 Å². The van der Waals surface area contributed by atoms with Crippen LogP contribution < -0.4 is 10.1 Å². The third-order valence-corrected chi connectivity index (χ3v) is 4.30. The second-order valence-corrected chi connectivity index (χ2v) is 6.86. The summed E-state index contributed by atoms with van der Waals surface area (Å²) >= 11 is 1.85. The molecule has 114 valence electrons. The van der Waals surface area contributed by atoms with E-state index in [2.05, 4.69) is 63.3 Å². The molecular weight excluding hydrogens is 278 g/mol. The van der Waals surface area contributed by atoms with Crippen LogP contribution in [0.1, 0.15) is 48.6 Å². The normalized spacial score (nSPS) is 12.6. The lowest BCUT2D eigenvalue weighted by Gasteiger charge is -2.22. The summed E-state index contributed by atoms with van der Waals surface area (Å²) in [5, 5.41) is 3.66. The molecule has 0 aliphatic rings. The first kappa shape index (κ1) is 16.1. The van der Waals surface area contributed by atoms with Crippen LogP contribution in [0.2, 0.25) is 0 Å². The Hall–Kier alpha value is -1.32. The minimum Gasteiger partial charge on any atom is -0.491 e. The number of aryl methyl sites for hydroxylation is 1. The molecule has 21 heavy (non-hydrogen) atoms. The summed E-state index contributed by atoms with van der Waals surface area (Å²) in [6.07, 6.45) is 1.30. The van der Waals surface area contributed by atoms with Crippen LogP contribution in [0.5, 0.6) is 5.75 Å². The number of hydrogen-bond acceptors (Lipinski definition) is 3. The van der Waals surface area contributed by atoms with E-state index in [1.165, 1.54) is 15.3 Å². The molecule has 0 radical (unpaired) electrons. The van der Waals surface area contributed by atoms with Gasteiger partial charge in [-0.2, -0.15) is 0 Å². The lowest BCUT2D eigenvalue weighted by atomic mass is 10.0. The quantitative estimate of drug-likeness (QED) is 0.783. The molecule has 0 aliphatic carbocycles. The van der Waals surface area contributed by atoms with Crippen LogP contribution in [-0.2, 0) is 0 Å². The van der Waals surface area contributed by atoms with Gasteiger partial charge in [-0.3, -0.25) is 0 Å². The average Bonchev–Trinajstić information content (AvgIpc) is 2.87. The zero-order chi connectivity index (χ0) is 15.2. The topological polar surface area (TPSA) is 21.3 Å². The number of rotatable bonds is 7. The van der Waals surface area contributed by atoms with E-state index >= 15 is 0 Å². The number of benzene rings is 1. The predicted octanol–water partition coefficient (Wildman–Crippen LogP) is 4.93. The minimum absolute atomic E-state index is 0.183. The maximum absolute atomic E-state index is 6.00. The number of para-hydroxylation sites is 1. The van der Waals surface area contributed by atoms with Gasteiger partial charge in [0.25, 0.3) is 0 Å². The van der Waals surface area contributed by atoms with Gasteiger partial charge in [0.2, 0.25) is 0 Å². The first-order valence-electron chi connectivity index (χ1n) is 7.67. The number of nitrogens with one attached hydrogen (secondary N) is 1. The highest BCUT2D eigenvalue weighted by atomic mass is 32.1. The molecule has 2 aromatic rings. The molecule has 0 spiro atoms. The van der Waals surface area contributed by atoms with Gasteiger partial charge in [0, 0.05) is 15.3 Å². The van der Waals surface area contributed by atoms with Gasteiger partial charge in [-0.05, 0) is 51.9 Å². The van der Waals surface area contributed by atoms with Crippen LogP contribution in [0.25, 0.3) is 0 Å². The summed E-state index contributed by atoms with van der Waals surface area (Å²) in [5.41, 5.74) is 1.22. The van der Waals surface area contributed by atoms with Gasteiger partial charge < -0.3 is 10.1 Å². The lowest BCUT2D eigenvalue weighted by molar-refractivity contribution is 0.238. The van der Waals surface area contributed by atoms with Gasteiger partial charge in [0.05, 0.1) is 12.1 Å².